The topological polar surface area (TPSA) is 70.1 Å². The lowest BCUT2D eigenvalue weighted by molar-refractivity contribution is -0.138. The van der Waals surface area contributed by atoms with Crippen molar-refractivity contribution in [1.82, 2.24) is 9.78 Å². The zero-order valence-electron chi connectivity index (χ0n) is 11.9. The Morgan fingerprint density at radius 3 is 2.50 bits per heavy atom. The van der Waals surface area contributed by atoms with Crippen LogP contribution < -0.4 is 10.5 Å². The van der Waals surface area contributed by atoms with Gasteiger partial charge in [0.05, 0.1) is 5.56 Å². The third-order valence-electron chi connectivity index (χ3n) is 2.86. The Bertz CT molecular complexity index is 693. The molecule has 2 aromatic rings. The van der Waals surface area contributed by atoms with E-state index < -0.39 is 23.5 Å². The molecule has 0 bridgehead atoms. The van der Waals surface area contributed by atoms with Crippen molar-refractivity contribution in [1.29, 1.82) is 0 Å². The van der Waals surface area contributed by atoms with Crippen LogP contribution in [0.5, 0.6) is 5.75 Å². The fraction of sp³-hybridized carbons (Fsp3) is 0.286. The molecule has 1 aromatic heterocycles. The second-order valence-corrected chi connectivity index (χ2v) is 4.88. The largest absolute Gasteiger partial charge is 0.421 e. The number of nitrogens with two attached hydrogens (primary N) is 1. The molecule has 0 aliphatic rings. The molecule has 0 saturated carbocycles. The Balaban J connectivity index is 2.29. The van der Waals surface area contributed by atoms with Crippen molar-refractivity contribution < 1.29 is 22.7 Å². The van der Waals surface area contributed by atoms with Gasteiger partial charge in [0.2, 0.25) is 0 Å². The van der Waals surface area contributed by atoms with E-state index in [0.717, 1.165) is 12.1 Å². The molecule has 2 rings (SSSR count). The Morgan fingerprint density at radius 2 is 1.95 bits per heavy atom. The molecule has 0 radical (unpaired) electrons. The van der Waals surface area contributed by atoms with E-state index in [4.69, 9.17) is 10.5 Å². The molecule has 0 unspecified atom stereocenters. The van der Waals surface area contributed by atoms with Crippen LogP contribution in [0, 0.1) is 0 Å². The van der Waals surface area contributed by atoms with E-state index in [-0.39, 0.29) is 17.6 Å². The predicted octanol–water partition coefficient (Wildman–Crippen LogP) is 3.28. The second kappa shape index (κ2) is 5.70. The minimum absolute atomic E-state index is 0.0935. The minimum Gasteiger partial charge on any atom is -0.421 e. The van der Waals surface area contributed by atoms with Gasteiger partial charge in [-0.1, -0.05) is 12.1 Å². The van der Waals surface area contributed by atoms with Crippen LogP contribution in [0.25, 0.3) is 0 Å². The zero-order valence-corrected chi connectivity index (χ0v) is 11.9. The number of ether oxygens (including phenoxy) is 1. The third-order valence-corrected chi connectivity index (χ3v) is 2.86. The van der Waals surface area contributed by atoms with Crippen molar-refractivity contribution >= 4 is 11.8 Å². The molecule has 0 spiro atoms. The van der Waals surface area contributed by atoms with Gasteiger partial charge in [-0.3, -0.25) is 0 Å². The summed E-state index contributed by atoms with van der Waals surface area (Å²) in [4.78, 5) is 12.0. The molecule has 1 heterocycles. The first-order chi connectivity index (χ1) is 10.2. The monoisotopic (exact) mass is 313 g/mol. The van der Waals surface area contributed by atoms with Gasteiger partial charge in [-0.2, -0.15) is 18.3 Å². The highest BCUT2D eigenvalue weighted by Gasteiger charge is 2.35. The van der Waals surface area contributed by atoms with Crippen LogP contribution in [0.1, 0.15) is 35.9 Å². The second-order valence-electron chi connectivity index (χ2n) is 4.88. The molecule has 0 amide bonds. The van der Waals surface area contributed by atoms with Gasteiger partial charge in [-0.15, -0.1) is 0 Å². The summed E-state index contributed by atoms with van der Waals surface area (Å²) in [6, 6.07) is 5.64. The average Bonchev–Trinajstić information content (AvgIpc) is 2.80. The van der Waals surface area contributed by atoms with E-state index in [1.807, 2.05) is 0 Å². The standard InChI is InChI=1S/C14H14F3N3O2/c1-8(2)20-12(18)7-10(19-20)13(21)22-11-6-4-3-5-9(11)14(15,16)17/h3-8H,18H2,1-2H3. The summed E-state index contributed by atoms with van der Waals surface area (Å²) in [5, 5.41) is 3.93. The lowest BCUT2D eigenvalue weighted by atomic mass is 10.2. The molecular formula is C14H14F3N3O2. The van der Waals surface area contributed by atoms with Crippen LogP contribution in [0.15, 0.2) is 30.3 Å². The maximum Gasteiger partial charge on any atom is 0.419 e. The van der Waals surface area contributed by atoms with E-state index in [2.05, 4.69) is 5.10 Å². The number of hydrogen-bond acceptors (Lipinski definition) is 4. The van der Waals surface area contributed by atoms with Gasteiger partial charge in [-0.25, -0.2) is 9.48 Å². The molecule has 1 aromatic carbocycles. The number of halogens is 3. The summed E-state index contributed by atoms with van der Waals surface area (Å²) in [5.41, 5.74) is 4.51. The van der Waals surface area contributed by atoms with Gasteiger partial charge < -0.3 is 10.5 Å². The normalized spacial score (nSPS) is 11.7. The maximum atomic E-state index is 12.8. The van der Waals surface area contributed by atoms with Gasteiger partial charge in [0, 0.05) is 12.1 Å². The van der Waals surface area contributed by atoms with Gasteiger partial charge >= 0.3 is 12.1 Å². The van der Waals surface area contributed by atoms with Crippen molar-refractivity contribution in [2.24, 2.45) is 0 Å². The maximum absolute atomic E-state index is 12.8. The van der Waals surface area contributed by atoms with E-state index >= 15 is 0 Å². The third kappa shape index (κ3) is 3.21. The highest BCUT2D eigenvalue weighted by atomic mass is 19.4. The lowest BCUT2D eigenvalue weighted by Crippen LogP contribution is -2.15. The average molecular weight is 313 g/mol. The van der Waals surface area contributed by atoms with Crippen molar-refractivity contribution in [3.05, 3.63) is 41.6 Å². The smallest absolute Gasteiger partial charge is 0.419 e. The molecular weight excluding hydrogens is 299 g/mol. The molecule has 8 heteroatoms. The van der Waals surface area contributed by atoms with E-state index in [9.17, 15) is 18.0 Å². The fourth-order valence-corrected chi connectivity index (χ4v) is 1.86. The number of carbonyl (C=O) groups is 1. The van der Waals surface area contributed by atoms with Crippen molar-refractivity contribution in [2.45, 2.75) is 26.1 Å². The van der Waals surface area contributed by atoms with Crippen molar-refractivity contribution in [3.63, 3.8) is 0 Å². The van der Waals surface area contributed by atoms with Crippen LogP contribution in [0.3, 0.4) is 0 Å². The number of rotatable bonds is 3. The number of carbonyl (C=O) groups excluding carboxylic acids is 1. The molecule has 0 saturated heterocycles. The molecule has 22 heavy (non-hydrogen) atoms. The number of benzene rings is 1. The highest BCUT2D eigenvalue weighted by molar-refractivity contribution is 5.90. The summed E-state index contributed by atoms with van der Waals surface area (Å²) < 4.78 is 44.7. The SMILES string of the molecule is CC(C)n1nc(C(=O)Oc2ccccc2C(F)(F)F)cc1N. The van der Waals surface area contributed by atoms with Crippen LogP contribution in [-0.2, 0) is 6.18 Å². The number of esters is 1. The first-order valence-electron chi connectivity index (χ1n) is 6.43. The first-order valence-corrected chi connectivity index (χ1v) is 6.43. The van der Waals surface area contributed by atoms with Gasteiger partial charge in [-0.05, 0) is 26.0 Å². The fourth-order valence-electron chi connectivity index (χ4n) is 1.86. The molecule has 118 valence electrons. The van der Waals surface area contributed by atoms with Gasteiger partial charge in [0.15, 0.2) is 5.69 Å². The Kier molecular flexibility index (Phi) is 4.11. The molecule has 0 aliphatic heterocycles. The van der Waals surface area contributed by atoms with E-state index in [1.165, 1.54) is 22.9 Å². The van der Waals surface area contributed by atoms with Crippen LogP contribution >= 0.6 is 0 Å². The molecule has 0 atom stereocenters. The summed E-state index contributed by atoms with van der Waals surface area (Å²) >= 11 is 0. The summed E-state index contributed by atoms with van der Waals surface area (Å²) in [6.07, 6.45) is -4.62. The Morgan fingerprint density at radius 1 is 1.32 bits per heavy atom. The number of alkyl halides is 3. The van der Waals surface area contributed by atoms with Crippen LogP contribution in [0.2, 0.25) is 0 Å². The summed E-state index contributed by atoms with van der Waals surface area (Å²) in [6.45, 7) is 3.61. The first kappa shape index (κ1) is 15.9. The number of hydrogen-bond donors (Lipinski definition) is 1. The number of nitrogens with zero attached hydrogens (tertiary/aromatic N) is 2. The number of anilines is 1. The number of para-hydroxylation sites is 1. The van der Waals surface area contributed by atoms with Crippen molar-refractivity contribution in [2.75, 3.05) is 5.73 Å². The lowest BCUT2D eigenvalue weighted by Gasteiger charge is -2.11. The molecule has 5 nitrogen and oxygen atoms in total. The molecule has 0 fully saturated rings. The quantitative estimate of drug-likeness (QED) is 0.697. The van der Waals surface area contributed by atoms with Gasteiger partial charge in [0.1, 0.15) is 11.6 Å². The Hall–Kier alpha value is -2.51. The Labute approximate surface area is 124 Å². The molecule has 0 aliphatic carbocycles. The molecule has 2 N–H and O–H groups in total. The van der Waals surface area contributed by atoms with Gasteiger partial charge in [0.25, 0.3) is 0 Å². The van der Waals surface area contributed by atoms with Crippen molar-refractivity contribution in [3.8, 4) is 5.75 Å². The number of aromatic nitrogens is 2. The predicted molar refractivity (Wildman–Crippen MR) is 73.4 cm³/mol. The highest BCUT2D eigenvalue weighted by Crippen LogP contribution is 2.36. The van der Waals surface area contributed by atoms with E-state index in [1.54, 1.807) is 13.8 Å². The number of nitrogen functional groups attached to an aromatic ring is 1. The van der Waals surface area contributed by atoms with E-state index in [0.29, 0.717) is 0 Å². The summed E-state index contributed by atoms with van der Waals surface area (Å²) in [5.74, 6) is -1.34. The zero-order chi connectivity index (χ0) is 16.5. The minimum atomic E-state index is -4.62. The van der Waals surface area contributed by atoms with Crippen LogP contribution in [0.4, 0.5) is 19.0 Å². The summed E-state index contributed by atoms with van der Waals surface area (Å²) in [7, 11) is 0. The van der Waals surface area contributed by atoms with Crippen LogP contribution in [-0.4, -0.2) is 15.7 Å².